The summed E-state index contributed by atoms with van der Waals surface area (Å²) in [5, 5.41) is 1.33. The van der Waals surface area contributed by atoms with Crippen LogP contribution in [-0.4, -0.2) is 25.5 Å². The van der Waals surface area contributed by atoms with Crippen molar-refractivity contribution >= 4 is 23.1 Å². The van der Waals surface area contributed by atoms with Gasteiger partial charge >= 0.3 is 12.3 Å². The number of rotatable bonds is 16. The van der Waals surface area contributed by atoms with Gasteiger partial charge in [-0.25, -0.2) is 9.59 Å². The number of carbonyl (C=O) groups excluding carboxylic acids is 2. The summed E-state index contributed by atoms with van der Waals surface area (Å²) in [5.41, 5.74) is 0.666. The van der Waals surface area contributed by atoms with Crippen LogP contribution < -0.4 is 9.47 Å². The number of ether oxygens (including phenoxy) is 4. The molecule has 2 aromatic rings. The Balaban J connectivity index is 1.90. The highest BCUT2D eigenvalue weighted by molar-refractivity contribution is 5.96. The van der Waals surface area contributed by atoms with Gasteiger partial charge in [0.1, 0.15) is 11.5 Å². The van der Waals surface area contributed by atoms with Crippen molar-refractivity contribution < 1.29 is 28.5 Å². The maximum Gasteiger partial charge on any atom is 0.513 e. The van der Waals surface area contributed by atoms with Crippen LogP contribution in [0.1, 0.15) is 96.5 Å². The largest absolute Gasteiger partial charge is 0.513 e. The van der Waals surface area contributed by atoms with Crippen LogP contribution in [0.25, 0.3) is 10.8 Å². The van der Waals surface area contributed by atoms with Crippen LogP contribution in [0.4, 0.5) is 9.59 Å². The fraction of sp³-hybridized carbons (Fsp3) is 0.586. The molecule has 0 heterocycles. The molecule has 0 bridgehead atoms. The highest BCUT2D eigenvalue weighted by Crippen LogP contribution is 2.37. The number of hydrogen-bond donors (Lipinski definition) is 0. The quantitative estimate of drug-likeness (QED) is 0.134. The number of benzene rings is 2. The van der Waals surface area contributed by atoms with E-state index in [2.05, 4.69) is 13.8 Å². The predicted molar refractivity (Wildman–Crippen MR) is 139 cm³/mol. The van der Waals surface area contributed by atoms with Gasteiger partial charge < -0.3 is 18.9 Å². The average Bonchev–Trinajstić information content (AvgIpc) is 2.85. The van der Waals surface area contributed by atoms with Gasteiger partial charge in [-0.2, -0.15) is 0 Å². The predicted octanol–water partition coefficient (Wildman–Crippen LogP) is 8.90. The number of unbranched alkanes of at least 4 members (excludes halogenated alkanes) is 10. The summed E-state index contributed by atoms with van der Waals surface area (Å²) in [7, 11) is 0. The molecule has 0 spiro atoms. The Labute approximate surface area is 210 Å². The molecular formula is C29H42O6. The number of carbonyl (C=O) groups is 2. The third-order valence-electron chi connectivity index (χ3n) is 5.96. The molecule has 0 radical (unpaired) electrons. The van der Waals surface area contributed by atoms with Gasteiger partial charge in [0.15, 0.2) is 0 Å². The van der Waals surface area contributed by atoms with Crippen molar-refractivity contribution in [2.75, 3.05) is 13.2 Å². The zero-order chi connectivity index (χ0) is 25.3. The van der Waals surface area contributed by atoms with Gasteiger partial charge in [-0.15, -0.1) is 0 Å². The molecule has 0 fully saturated rings. The smallest absolute Gasteiger partial charge is 0.434 e. The van der Waals surface area contributed by atoms with Crippen LogP contribution >= 0.6 is 0 Å². The third kappa shape index (κ3) is 10.6. The summed E-state index contributed by atoms with van der Waals surface area (Å²) in [4.78, 5) is 24.5. The molecule has 0 saturated heterocycles. The van der Waals surface area contributed by atoms with E-state index in [9.17, 15) is 9.59 Å². The van der Waals surface area contributed by atoms with Crippen molar-refractivity contribution in [2.45, 2.75) is 97.8 Å². The second kappa shape index (κ2) is 16.8. The molecule has 0 saturated carbocycles. The lowest BCUT2D eigenvalue weighted by molar-refractivity contribution is 0.0956. The topological polar surface area (TPSA) is 71.1 Å². The van der Waals surface area contributed by atoms with Gasteiger partial charge in [-0.1, -0.05) is 102 Å². The normalized spacial score (nSPS) is 10.8. The Morgan fingerprint density at radius 3 is 1.71 bits per heavy atom. The van der Waals surface area contributed by atoms with Gasteiger partial charge in [0.05, 0.1) is 13.2 Å². The lowest BCUT2D eigenvalue weighted by Crippen LogP contribution is -2.14. The molecule has 0 aromatic heterocycles. The molecule has 194 valence electrons. The van der Waals surface area contributed by atoms with Crippen molar-refractivity contribution in [1.29, 1.82) is 0 Å². The summed E-state index contributed by atoms with van der Waals surface area (Å²) in [5.74, 6) is 0.778. The summed E-state index contributed by atoms with van der Waals surface area (Å²) in [6, 6.07) is 9.02. The van der Waals surface area contributed by atoms with E-state index in [0.29, 0.717) is 41.0 Å². The molecule has 0 atom stereocenters. The van der Waals surface area contributed by atoms with Crippen molar-refractivity contribution in [3.05, 3.63) is 35.9 Å². The van der Waals surface area contributed by atoms with Gasteiger partial charge in [0.2, 0.25) is 0 Å². The van der Waals surface area contributed by atoms with Gasteiger partial charge in [-0.05, 0) is 31.4 Å². The van der Waals surface area contributed by atoms with Crippen molar-refractivity contribution in [3.63, 3.8) is 0 Å². The standard InChI is InChI=1S/C29H42O6/c1-4-6-8-10-12-16-20-32-28(30)34-26-22-23(3)27(25-19-15-14-18-24(25)26)35-29(31)33-21-17-13-11-9-7-5-2/h14-15,18-19,22H,4-13,16-17,20-21H2,1-3H3. The second-order valence-corrected chi connectivity index (χ2v) is 9.00. The Morgan fingerprint density at radius 1 is 0.657 bits per heavy atom. The van der Waals surface area contributed by atoms with Crippen molar-refractivity contribution in [2.24, 2.45) is 0 Å². The maximum atomic E-state index is 12.3. The molecule has 6 nitrogen and oxygen atoms in total. The Hall–Kier alpha value is -2.76. The van der Waals surface area contributed by atoms with E-state index < -0.39 is 12.3 Å². The van der Waals surface area contributed by atoms with Crippen molar-refractivity contribution in [3.8, 4) is 11.5 Å². The van der Waals surface area contributed by atoms with E-state index in [1.54, 1.807) is 13.0 Å². The molecule has 0 aliphatic rings. The molecule has 0 aliphatic heterocycles. The summed E-state index contributed by atoms with van der Waals surface area (Å²) >= 11 is 0. The molecule has 35 heavy (non-hydrogen) atoms. The van der Waals surface area contributed by atoms with Crippen LogP contribution in [0.3, 0.4) is 0 Å². The maximum absolute atomic E-state index is 12.3. The van der Waals surface area contributed by atoms with Gasteiger partial charge in [0, 0.05) is 10.8 Å². The zero-order valence-corrected chi connectivity index (χ0v) is 21.7. The number of fused-ring (bicyclic) bond motifs is 1. The SMILES string of the molecule is CCCCCCCCOC(=O)Oc1cc(C)c(OC(=O)OCCCCCCCC)c2ccccc12. The highest BCUT2D eigenvalue weighted by Gasteiger charge is 2.18. The van der Waals surface area contributed by atoms with Crippen LogP contribution in [0.5, 0.6) is 11.5 Å². The molecule has 0 unspecified atom stereocenters. The average molecular weight is 487 g/mol. The van der Waals surface area contributed by atoms with Crippen molar-refractivity contribution in [1.82, 2.24) is 0 Å². The molecule has 0 aliphatic carbocycles. The minimum Gasteiger partial charge on any atom is -0.434 e. The first kappa shape index (κ1) is 28.5. The second-order valence-electron chi connectivity index (χ2n) is 9.00. The monoisotopic (exact) mass is 486 g/mol. The van der Waals surface area contributed by atoms with Gasteiger partial charge in [0.25, 0.3) is 0 Å². The van der Waals surface area contributed by atoms with E-state index in [4.69, 9.17) is 18.9 Å². The highest BCUT2D eigenvalue weighted by atomic mass is 16.7. The first-order valence-electron chi connectivity index (χ1n) is 13.3. The molecule has 6 heteroatoms. The fourth-order valence-corrected chi connectivity index (χ4v) is 3.98. The van der Waals surface area contributed by atoms with Crippen LogP contribution in [0.15, 0.2) is 30.3 Å². The van der Waals surface area contributed by atoms with Crippen LogP contribution in [-0.2, 0) is 9.47 Å². The first-order valence-corrected chi connectivity index (χ1v) is 13.3. The molecular weight excluding hydrogens is 444 g/mol. The minimum absolute atomic E-state index is 0.341. The molecule has 2 rings (SSSR count). The minimum atomic E-state index is -0.727. The van der Waals surface area contributed by atoms with E-state index in [-0.39, 0.29) is 0 Å². The summed E-state index contributed by atoms with van der Waals surface area (Å²) in [6.07, 6.45) is 11.9. The number of aryl methyl sites for hydroxylation is 1. The Kier molecular flexibility index (Phi) is 13.7. The van der Waals surface area contributed by atoms with Gasteiger partial charge in [-0.3, -0.25) is 0 Å². The lowest BCUT2D eigenvalue weighted by Gasteiger charge is -2.14. The Bertz CT molecular complexity index is 907. The van der Waals surface area contributed by atoms with Crippen LogP contribution in [0, 0.1) is 6.92 Å². The third-order valence-corrected chi connectivity index (χ3v) is 5.96. The Morgan fingerprint density at radius 2 is 1.14 bits per heavy atom. The molecule has 0 N–H and O–H groups in total. The number of hydrogen-bond acceptors (Lipinski definition) is 6. The van der Waals surface area contributed by atoms with E-state index in [1.165, 1.54) is 38.5 Å². The molecule has 0 amide bonds. The van der Waals surface area contributed by atoms with E-state index >= 15 is 0 Å². The fourth-order valence-electron chi connectivity index (χ4n) is 3.98. The lowest BCUT2D eigenvalue weighted by atomic mass is 10.0. The van der Waals surface area contributed by atoms with Crippen LogP contribution in [0.2, 0.25) is 0 Å². The zero-order valence-electron chi connectivity index (χ0n) is 21.7. The van der Waals surface area contributed by atoms with E-state index in [0.717, 1.165) is 38.5 Å². The summed E-state index contributed by atoms with van der Waals surface area (Å²) < 4.78 is 21.6. The first-order chi connectivity index (χ1) is 17.1. The molecule has 2 aromatic carbocycles. The van der Waals surface area contributed by atoms with E-state index in [1.807, 2.05) is 24.3 Å². The summed E-state index contributed by atoms with van der Waals surface area (Å²) in [6.45, 7) is 6.86.